The van der Waals surface area contributed by atoms with Crippen LogP contribution in [0.4, 0.5) is 4.79 Å². The Morgan fingerprint density at radius 1 is 1.17 bits per heavy atom. The van der Waals surface area contributed by atoms with E-state index in [4.69, 9.17) is 33.7 Å². The summed E-state index contributed by atoms with van der Waals surface area (Å²) in [7, 11) is 0. The number of likely N-dealkylation sites (N-methyl/N-ethyl adjacent to an activating group) is 1. The number of rotatable bonds is 5. The highest BCUT2D eigenvalue weighted by Crippen LogP contribution is 2.40. The summed E-state index contributed by atoms with van der Waals surface area (Å²) in [5.74, 6) is -4.28. The van der Waals surface area contributed by atoms with Crippen LogP contribution in [0.2, 0.25) is 5.02 Å². The van der Waals surface area contributed by atoms with Crippen LogP contribution in [0.1, 0.15) is 65.0 Å². The zero-order chi connectivity index (χ0) is 35.3. The summed E-state index contributed by atoms with van der Waals surface area (Å²) in [5.41, 5.74) is -2.61. The number of furan rings is 1. The third-order valence-electron chi connectivity index (χ3n) is 6.62. The van der Waals surface area contributed by atoms with Gasteiger partial charge in [-0.15, -0.1) is 0 Å². The van der Waals surface area contributed by atoms with Crippen LogP contribution in [0, 0.1) is 0 Å². The monoisotopic (exact) mass is 589 g/mol. The molecule has 4 amide bonds. The number of ether oxygens (including phenoxy) is 2. The molecule has 2 atom stereocenters. The van der Waals surface area contributed by atoms with Crippen molar-refractivity contribution in [3.63, 3.8) is 0 Å². The molecule has 0 N–H and O–H groups in total. The van der Waals surface area contributed by atoms with Crippen molar-refractivity contribution in [2.75, 3.05) is 27.1 Å². The molecular weight excluding hydrogens is 550 g/mol. The first-order chi connectivity index (χ1) is 21.6. The highest BCUT2D eigenvalue weighted by molar-refractivity contribution is 6.31. The van der Waals surface area contributed by atoms with Gasteiger partial charge in [-0.3, -0.25) is 14.4 Å². The lowest BCUT2D eigenvalue weighted by Crippen LogP contribution is -2.64. The van der Waals surface area contributed by atoms with Gasteiger partial charge in [0.05, 0.1) is 11.4 Å². The van der Waals surface area contributed by atoms with E-state index in [9.17, 15) is 19.2 Å². The number of hydrogen-bond acceptors (Lipinski definition) is 7. The molecule has 218 valence electrons. The first-order valence-corrected chi connectivity index (χ1v) is 13.1. The molecule has 0 radical (unpaired) electrons. The molecule has 0 bridgehead atoms. The molecule has 4 rings (SSSR count). The second-order valence-corrected chi connectivity index (χ2v) is 11.3. The van der Waals surface area contributed by atoms with Gasteiger partial charge >= 0.3 is 6.09 Å². The lowest BCUT2D eigenvalue weighted by molar-refractivity contribution is -0.146. The number of nitrogens with zero attached hydrogens (tertiary/aromatic N) is 3. The van der Waals surface area contributed by atoms with Gasteiger partial charge in [0.25, 0.3) is 11.8 Å². The minimum Gasteiger partial charge on any atom is -0.486 e. The van der Waals surface area contributed by atoms with Crippen molar-refractivity contribution in [3.05, 3.63) is 64.9 Å². The van der Waals surface area contributed by atoms with Crippen molar-refractivity contribution in [1.82, 2.24) is 14.7 Å². The molecular formula is C30H34ClN3O7. The second kappa shape index (κ2) is 11.1. The molecule has 2 heterocycles. The van der Waals surface area contributed by atoms with Crippen molar-refractivity contribution >= 4 is 46.4 Å². The van der Waals surface area contributed by atoms with Crippen molar-refractivity contribution in [1.29, 1.82) is 0 Å². The van der Waals surface area contributed by atoms with Gasteiger partial charge in [0.1, 0.15) is 24.3 Å². The Labute approximate surface area is 252 Å². The number of amides is 4. The Hall–Kier alpha value is -4.05. The molecule has 0 spiro atoms. The van der Waals surface area contributed by atoms with Crippen LogP contribution < -0.4 is 4.74 Å². The van der Waals surface area contributed by atoms with E-state index >= 15 is 0 Å². The summed E-state index contributed by atoms with van der Waals surface area (Å²) in [5, 5.41) is 0.531. The fourth-order valence-corrected chi connectivity index (χ4v) is 4.64. The van der Waals surface area contributed by atoms with E-state index in [-0.39, 0.29) is 26.6 Å². The highest BCUT2D eigenvalue weighted by Gasteiger charge is 2.53. The normalized spacial score (nSPS) is 20.5. The first-order valence-electron chi connectivity index (χ1n) is 15.7. The fraction of sp³-hybridized carbons (Fsp3) is 0.400. The Morgan fingerprint density at radius 2 is 1.85 bits per heavy atom. The predicted molar refractivity (Wildman–Crippen MR) is 153 cm³/mol. The Bertz CT molecular complexity index is 1690. The summed E-state index contributed by atoms with van der Waals surface area (Å²) in [6.07, 6.45) is -1.08. The van der Waals surface area contributed by atoms with Crippen LogP contribution in [0.3, 0.4) is 0 Å². The minimum atomic E-state index is -3.44. The molecule has 0 aliphatic carbocycles. The molecule has 3 aromatic rings. The van der Waals surface area contributed by atoms with Gasteiger partial charge < -0.3 is 23.7 Å². The summed E-state index contributed by atoms with van der Waals surface area (Å²) >= 11 is 6.18. The minimum absolute atomic E-state index is 0.120. The summed E-state index contributed by atoms with van der Waals surface area (Å²) in [6.45, 7) is -1.23. The largest absolute Gasteiger partial charge is 0.486 e. The van der Waals surface area contributed by atoms with Crippen LogP contribution in [0.5, 0.6) is 5.75 Å². The third kappa shape index (κ3) is 5.88. The molecule has 0 saturated carbocycles. The lowest BCUT2D eigenvalue weighted by atomic mass is 9.96. The summed E-state index contributed by atoms with van der Waals surface area (Å²) in [6, 6.07) is 11.9. The van der Waals surface area contributed by atoms with E-state index in [0.29, 0.717) is 10.5 Å². The molecule has 0 fully saturated rings. The van der Waals surface area contributed by atoms with Gasteiger partial charge in [0.2, 0.25) is 11.7 Å². The number of imide groups is 1. The van der Waals surface area contributed by atoms with Crippen molar-refractivity contribution < 1.29 is 41.3 Å². The summed E-state index contributed by atoms with van der Waals surface area (Å²) < 4.78 is 63.7. The number of benzene rings is 2. The fourth-order valence-electron chi connectivity index (χ4n) is 4.47. The van der Waals surface area contributed by atoms with Crippen LogP contribution in [-0.2, 0) is 14.3 Å². The Kier molecular flexibility index (Phi) is 6.11. The van der Waals surface area contributed by atoms with Gasteiger partial charge in [0, 0.05) is 27.2 Å². The number of fused-ring (bicyclic) bond motifs is 3. The second-order valence-electron chi connectivity index (χ2n) is 10.8. The molecule has 1 aromatic heterocycles. The van der Waals surface area contributed by atoms with Gasteiger partial charge in [-0.2, -0.15) is 0 Å². The zero-order valence-electron chi connectivity index (χ0n) is 29.2. The predicted octanol–water partition coefficient (Wildman–Crippen LogP) is 5.29. The van der Waals surface area contributed by atoms with E-state index in [1.165, 1.54) is 25.1 Å². The lowest BCUT2D eigenvalue weighted by Gasteiger charge is -2.41. The van der Waals surface area contributed by atoms with Crippen LogP contribution in [0.15, 0.2) is 52.9 Å². The molecule has 2 aromatic carbocycles. The number of halogens is 1. The maximum Gasteiger partial charge on any atom is 0.417 e. The Morgan fingerprint density at radius 3 is 2.49 bits per heavy atom. The van der Waals surface area contributed by atoms with E-state index < -0.39 is 73.9 Å². The van der Waals surface area contributed by atoms with Crippen molar-refractivity contribution in [3.8, 4) is 5.75 Å². The van der Waals surface area contributed by atoms with E-state index in [2.05, 4.69) is 0 Å². The number of carbonyl (C=O) groups excluding carboxylic acids is 4. The summed E-state index contributed by atoms with van der Waals surface area (Å²) in [4.78, 5) is 57.5. The van der Waals surface area contributed by atoms with Gasteiger partial charge in [-0.05, 0) is 58.4 Å². The zero-order valence-corrected chi connectivity index (χ0v) is 23.9. The quantitative estimate of drug-likeness (QED) is 0.397. The van der Waals surface area contributed by atoms with Crippen molar-refractivity contribution in [2.24, 2.45) is 0 Å². The average Bonchev–Trinajstić information content (AvgIpc) is 3.25. The van der Waals surface area contributed by atoms with E-state index in [1.54, 1.807) is 58.0 Å². The van der Waals surface area contributed by atoms with Gasteiger partial charge in [0.15, 0.2) is 11.3 Å². The molecule has 11 heteroatoms. The van der Waals surface area contributed by atoms with Crippen LogP contribution in [-0.4, -0.2) is 76.8 Å². The van der Waals surface area contributed by atoms with Gasteiger partial charge in [-0.25, -0.2) is 9.69 Å². The molecule has 0 saturated heterocycles. The molecule has 1 aliphatic rings. The third-order valence-corrected chi connectivity index (χ3v) is 6.85. The van der Waals surface area contributed by atoms with Crippen molar-refractivity contribution in [2.45, 2.75) is 51.8 Å². The van der Waals surface area contributed by atoms with Crippen LogP contribution in [0.25, 0.3) is 11.0 Å². The van der Waals surface area contributed by atoms with Gasteiger partial charge in [-0.1, -0.05) is 41.9 Å². The topological polar surface area (TPSA) is 110 Å². The van der Waals surface area contributed by atoms with E-state index in [0.717, 1.165) is 4.90 Å². The van der Waals surface area contributed by atoms with E-state index in [1.807, 2.05) is 0 Å². The Balaban J connectivity index is 1.91. The first kappa shape index (κ1) is 22.6. The number of carbonyl (C=O) groups is 4. The van der Waals surface area contributed by atoms with Crippen LogP contribution >= 0.6 is 11.6 Å². The SMILES string of the molecule is [2H]C([2H])([2H])N(C(=O)CN1C(=O)c2oc3ccc(Cl)cc3c2OC[C@]1(C)C(=O)N(C(=O)OC(C)(C)C)[C@@H](C)c1ccccc1)C([2H])([2H])[2H]. The highest BCUT2D eigenvalue weighted by atomic mass is 35.5. The number of hydrogen-bond donors (Lipinski definition) is 0. The molecule has 1 aliphatic heterocycles. The standard InChI is InChI=1S/C30H34ClN3O7/c1-18(19-11-9-8-10-12-19)34(28(38)41-29(2,3)4)27(37)30(5)17-39-24-21-15-20(31)13-14-22(21)40-25(24)26(36)33(30)16-23(35)32(6)7/h8-15,18H,16-17H2,1-7H3/t18-,30+/m0/s1/i6D3,7D3. The molecule has 10 nitrogen and oxygen atoms in total. The molecule has 41 heavy (non-hydrogen) atoms. The average molecular weight is 590 g/mol. The maximum absolute atomic E-state index is 14.8. The maximum atomic E-state index is 14.8. The molecule has 0 unspecified atom stereocenters. The smallest absolute Gasteiger partial charge is 0.417 e.